The highest BCUT2D eigenvalue weighted by Gasteiger charge is 2.12. The summed E-state index contributed by atoms with van der Waals surface area (Å²) in [6, 6.07) is 22.2. The number of nitrogens with one attached hydrogen (secondary N) is 1. The number of nitriles is 1. The fraction of sp³-hybridized carbons (Fsp3) is 0.0833. The normalized spacial score (nSPS) is 10.9. The van der Waals surface area contributed by atoms with E-state index in [0.717, 1.165) is 15.6 Å². The van der Waals surface area contributed by atoms with Crippen molar-refractivity contribution in [1.82, 2.24) is 0 Å². The molecular weight excluding hydrogens is 464 g/mol. The summed E-state index contributed by atoms with van der Waals surface area (Å²) in [5.41, 5.74) is 3.15. The number of amides is 1. The molecule has 0 aliphatic rings. The summed E-state index contributed by atoms with van der Waals surface area (Å²) in [7, 11) is 0. The molecule has 0 aliphatic carbocycles. The second-order valence-electron chi connectivity index (χ2n) is 6.59. The van der Waals surface area contributed by atoms with E-state index >= 15 is 0 Å². The third-order valence-electron chi connectivity index (χ3n) is 4.20. The zero-order valence-corrected chi connectivity index (χ0v) is 18.5. The summed E-state index contributed by atoms with van der Waals surface area (Å²) < 4.78 is 6.73. The van der Waals surface area contributed by atoms with Crippen molar-refractivity contribution >= 4 is 45.2 Å². The lowest BCUT2D eigenvalue weighted by atomic mass is 10.1. The van der Waals surface area contributed by atoms with E-state index in [1.165, 1.54) is 6.08 Å². The van der Waals surface area contributed by atoms with Crippen LogP contribution in [0.1, 0.15) is 16.7 Å². The van der Waals surface area contributed by atoms with E-state index < -0.39 is 5.91 Å². The Morgan fingerprint density at radius 3 is 2.70 bits per heavy atom. The second kappa shape index (κ2) is 10.1. The van der Waals surface area contributed by atoms with Gasteiger partial charge in [-0.3, -0.25) is 4.79 Å². The predicted octanol–water partition coefficient (Wildman–Crippen LogP) is 6.54. The van der Waals surface area contributed by atoms with Crippen molar-refractivity contribution in [3.63, 3.8) is 0 Å². The third kappa shape index (κ3) is 5.96. The van der Waals surface area contributed by atoms with E-state index in [-0.39, 0.29) is 5.57 Å². The highest BCUT2D eigenvalue weighted by molar-refractivity contribution is 9.10. The van der Waals surface area contributed by atoms with Crippen molar-refractivity contribution in [2.24, 2.45) is 0 Å². The molecule has 30 heavy (non-hydrogen) atoms. The van der Waals surface area contributed by atoms with Gasteiger partial charge in [-0.25, -0.2) is 0 Å². The Kier molecular flexibility index (Phi) is 7.29. The Hall–Kier alpha value is -3.07. The monoisotopic (exact) mass is 480 g/mol. The molecule has 1 N–H and O–H groups in total. The molecule has 0 aliphatic heterocycles. The molecule has 150 valence electrons. The fourth-order valence-corrected chi connectivity index (χ4v) is 3.37. The van der Waals surface area contributed by atoms with Crippen molar-refractivity contribution in [3.8, 4) is 11.8 Å². The molecule has 0 aromatic heterocycles. The first-order chi connectivity index (χ1) is 14.4. The molecule has 0 unspecified atom stereocenters. The summed E-state index contributed by atoms with van der Waals surface area (Å²) >= 11 is 9.45. The van der Waals surface area contributed by atoms with Gasteiger partial charge in [-0.2, -0.15) is 5.26 Å². The summed E-state index contributed by atoms with van der Waals surface area (Å²) in [6.45, 7) is 2.24. The second-order valence-corrected chi connectivity index (χ2v) is 7.95. The smallest absolute Gasteiger partial charge is 0.266 e. The Labute approximate surface area is 188 Å². The standard InChI is InChI=1S/C24H18BrClN2O2/c1-16-4-2-7-22(10-16)28-24(29)19(14-27)12-18-13-20(25)8-9-23(18)30-15-17-5-3-6-21(26)11-17/h2-13H,15H2,1H3,(H,28,29)/b19-12+. The molecule has 0 saturated carbocycles. The zero-order chi connectivity index (χ0) is 21.5. The highest BCUT2D eigenvalue weighted by Crippen LogP contribution is 2.27. The van der Waals surface area contributed by atoms with Gasteiger partial charge >= 0.3 is 0 Å². The van der Waals surface area contributed by atoms with E-state index in [9.17, 15) is 10.1 Å². The number of aryl methyl sites for hydroxylation is 1. The summed E-state index contributed by atoms with van der Waals surface area (Å²) in [5.74, 6) is 0.0677. The molecule has 4 nitrogen and oxygen atoms in total. The van der Waals surface area contributed by atoms with Gasteiger partial charge in [-0.15, -0.1) is 0 Å². The van der Waals surface area contributed by atoms with Gasteiger partial charge in [-0.05, 0) is 66.6 Å². The van der Waals surface area contributed by atoms with Crippen LogP contribution in [-0.2, 0) is 11.4 Å². The number of benzene rings is 3. The van der Waals surface area contributed by atoms with Gasteiger partial charge in [-0.1, -0.05) is 51.8 Å². The van der Waals surface area contributed by atoms with Crippen LogP contribution in [0.4, 0.5) is 5.69 Å². The number of hydrogen-bond acceptors (Lipinski definition) is 3. The van der Waals surface area contributed by atoms with Gasteiger partial charge in [0.15, 0.2) is 0 Å². The Morgan fingerprint density at radius 1 is 1.17 bits per heavy atom. The molecule has 3 aromatic rings. The molecular formula is C24H18BrClN2O2. The molecule has 0 saturated heterocycles. The van der Waals surface area contributed by atoms with Gasteiger partial charge < -0.3 is 10.1 Å². The maximum Gasteiger partial charge on any atom is 0.266 e. The number of carbonyl (C=O) groups is 1. The Bertz CT molecular complexity index is 1150. The number of halogens is 2. The van der Waals surface area contributed by atoms with Gasteiger partial charge in [0.2, 0.25) is 0 Å². The number of carbonyl (C=O) groups excluding carboxylic acids is 1. The zero-order valence-electron chi connectivity index (χ0n) is 16.2. The lowest BCUT2D eigenvalue weighted by molar-refractivity contribution is -0.112. The highest BCUT2D eigenvalue weighted by atomic mass is 79.9. The summed E-state index contributed by atoms with van der Waals surface area (Å²) in [6.07, 6.45) is 1.52. The van der Waals surface area contributed by atoms with Crippen LogP contribution < -0.4 is 10.1 Å². The quantitative estimate of drug-likeness (QED) is 0.321. The van der Waals surface area contributed by atoms with Crippen molar-refractivity contribution in [3.05, 3.63) is 98.5 Å². The predicted molar refractivity (Wildman–Crippen MR) is 123 cm³/mol. The maximum absolute atomic E-state index is 12.6. The van der Waals surface area contributed by atoms with Gasteiger partial charge in [0.05, 0.1) is 0 Å². The van der Waals surface area contributed by atoms with Crippen molar-refractivity contribution in [2.75, 3.05) is 5.32 Å². The first kappa shape index (κ1) is 21.6. The Morgan fingerprint density at radius 2 is 1.97 bits per heavy atom. The molecule has 0 atom stereocenters. The number of anilines is 1. The minimum Gasteiger partial charge on any atom is -0.488 e. The largest absolute Gasteiger partial charge is 0.488 e. The molecule has 6 heteroatoms. The summed E-state index contributed by atoms with van der Waals surface area (Å²) in [5, 5.41) is 12.9. The van der Waals surface area contributed by atoms with Crippen LogP contribution in [0.25, 0.3) is 6.08 Å². The van der Waals surface area contributed by atoms with Gasteiger partial charge in [0.25, 0.3) is 5.91 Å². The molecule has 0 spiro atoms. The van der Waals surface area contributed by atoms with Crippen LogP contribution in [-0.4, -0.2) is 5.91 Å². The number of hydrogen-bond donors (Lipinski definition) is 1. The van der Waals surface area contributed by atoms with Crippen LogP contribution in [0.2, 0.25) is 5.02 Å². The number of nitrogens with zero attached hydrogens (tertiary/aromatic N) is 1. The van der Waals surface area contributed by atoms with Crippen molar-refractivity contribution in [1.29, 1.82) is 5.26 Å². The minimum atomic E-state index is -0.483. The lowest BCUT2D eigenvalue weighted by Gasteiger charge is -2.11. The van der Waals surface area contributed by atoms with Crippen LogP contribution in [0, 0.1) is 18.3 Å². The van der Waals surface area contributed by atoms with E-state index in [0.29, 0.717) is 28.6 Å². The van der Waals surface area contributed by atoms with Crippen molar-refractivity contribution in [2.45, 2.75) is 13.5 Å². The van der Waals surface area contributed by atoms with Crippen LogP contribution in [0.15, 0.2) is 76.8 Å². The number of ether oxygens (including phenoxy) is 1. The average Bonchev–Trinajstić information content (AvgIpc) is 2.71. The van der Waals surface area contributed by atoms with Crippen LogP contribution in [0.5, 0.6) is 5.75 Å². The molecule has 3 rings (SSSR count). The minimum absolute atomic E-state index is 0.0257. The van der Waals surface area contributed by atoms with Crippen LogP contribution in [0.3, 0.4) is 0 Å². The Balaban J connectivity index is 1.83. The average molecular weight is 482 g/mol. The van der Waals surface area contributed by atoms with E-state index in [4.69, 9.17) is 16.3 Å². The molecule has 3 aromatic carbocycles. The van der Waals surface area contributed by atoms with Gasteiger partial charge in [0, 0.05) is 20.7 Å². The van der Waals surface area contributed by atoms with Gasteiger partial charge in [0.1, 0.15) is 24.0 Å². The van der Waals surface area contributed by atoms with Crippen LogP contribution >= 0.6 is 27.5 Å². The molecule has 0 radical (unpaired) electrons. The summed E-state index contributed by atoms with van der Waals surface area (Å²) in [4.78, 5) is 12.6. The van der Waals surface area contributed by atoms with E-state index in [1.807, 2.05) is 55.5 Å². The molecule has 0 bridgehead atoms. The molecule has 0 fully saturated rings. The topological polar surface area (TPSA) is 62.1 Å². The molecule has 0 heterocycles. The SMILES string of the molecule is Cc1cccc(NC(=O)/C(C#N)=C/c2cc(Br)ccc2OCc2cccc(Cl)c2)c1. The first-order valence-electron chi connectivity index (χ1n) is 9.11. The van der Waals surface area contributed by atoms with Crippen molar-refractivity contribution < 1.29 is 9.53 Å². The number of rotatable bonds is 6. The third-order valence-corrected chi connectivity index (χ3v) is 4.92. The molecule has 1 amide bonds. The van der Waals surface area contributed by atoms with E-state index in [1.54, 1.807) is 24.3 Å². The maximum atomic E-state index is 12.6. The lowest BCUT2D eigenvalue weighted by Crippen LogP contribution is -2.13. The van der Waals surface area contributed by atoms with E-state index in [2.05, 4.69) is 21.2 Å². The first-order valence-corrected chi connectivity index (χ1v) is 10.3. The fourth-order valence-electron chi connectivity index (χ4n) is 2.78.